The average molecular weight is 469 g/mol. The molecule has 0 bridgehead atoms. The van der Waals surface area contributed by atoms with Crippen LogP contribution in [0.15, 0.2) is 12.1 Å². The van der Waals surface area contributed by atoms with Crippen molar-refractivity contribution in [3.8, 4) is 0 Å². The van der Waals surface area contributed by atoms with Crippen molar-refractivity contribution < 1.29 is 0 Å². The number of rotatable bonds is 0. The molecule has 0 saturated heterocycles. The third kappa shape index (κ3) is 2.20. The van der Waals surface area contributed by atoms with Gasteiger partial charge in [0.15, 0.2) is 0 Å². The van der Waals surface area contributed by atoms with E-state index in [0.29, 0.717) is 0 Å². The van der Waals surface area contributed by atoms with Crippen molar-refractivity contribution in [3.63, 3.8) is 0 Å². The predicted molar refractivity (Wildman–Crippen MR) is 69.1 cm³/mol. The van der Waals surface area contributed by atoms with E-state index in [4.69, 9.17) is 0 Å². The van der Waals surface area contributed by atoms with Crippen LogP contribution in [-0.4, -0.2) is 0 Å². The molecule has 1 rings (SSSR count). The van der Waals surface area contributed by atoms with E-state index in [1.54, 1.807) is 0 Å². The highest BCUT2D eigenvalue weighted by Gasteiger charge is 2.00. The molecule has 1 aromatic carbocycles. The summed E-state index contributed by atoms with van der Waals surface area (Å²) < 4.78 is 3.81. The maximum absolute atomic E-state index is 3.92. The van der Waals surface area contributed by atoms with Gasteiger partial charge in [-0.05, 0) is 92.4 Å². The number of hydrogen-bond donors (Lipinski definition) is 0. The van der Waals surface area contributed by atoms with E-state index in [0.717, 1.165) is 5.56 Å². The highest BCUT2D eigenvalue weighted by Crippen LogP contribution is 2.21. The minimum absolute atomic E-state index is 1.12. The van der Waals surface area contributed by atoms with E-state index in [2.05, 4.69) is 86.8 Å². The standard InChI is InChI=1S/C7H4I3/c1-4-2-5(8)3-6(9)7(4)10/h2-3H,1H2. The van der Waals surface area contributed by atoms with Gasteiger partial charge in [0.05, 0.1) is 0 Å². The zero-order valence-electron chi connectivity index (χ0n) is 5.00. The lowest BCUT2D eigenvalue weighted by atomic mass is 10.2. The van der Waals surface area contributed by atoms with E-state index >= 15 is 0 Å². The molecular formula is C7H4I3. The summed E-state index contributed by atoms with van der Waals surface area (Å²) in [5.74, 6) is 0. The van der Waals surface area contributed by atoms with Gasteiger partial charge in [-0.3, -0.25) is 0 Å². The summed E-state index contributed by atoms with van der Waals surface area (Å²) in [6.07, 6.45) is 0. The Bertz CT molecular complexity index is 232. The predicted octanol–water partition coefficient (Wildman–Crippen LogP) is 3.68. The minimum atomic E-state index is 1.12. The first-order valence-electron chi connectivity index (χ1n) is 2.58. The molecule has 0 heterocycles. The molecule has 0 saturated carbocycles. The fourth-order valence-corrected chi connectivity index (χ4v) is 2.89. The zero-order chi connectivity index (χ0) is 7.72. The molecule has 0 spiro atoms. The third-order valence-corrected chi connectivity index (χ3v) is 4.85. The molecule has 0 N–H and O–H groups in total. The van der Waals surface area contributed by atoms with Crippen molar-refractivity contribution >= 4 is 67.8 Å². The maximum atomic E-state index is 3.92. The lowest BCUT2D eigenvalue weighted by Crippen LogP contribution is -1.86. The van der Waals surface area contributed by atoms with Crippen molar-refractivity contribution in [2.75, 3.05) is 0 Å². The Labute approximate surface area is 102 Å². The van der Waals surface area contributed by atoms with Gasteiger partial charge in [-0.2, -0.15) is 0 Å². The zero-order valence-corrected chi connectivity index (χ0v) is 11.5. The topological polar surface area (TPSA) is 0 Å². The van der Waals surface area contributed by atoms with Gasteiger partial charge in [0.25, 0.3) is 0 Å². The molecule has 0 unspecified atom stereocenters. The van der Waals surface area contributed by atoms with Crippen LogP contribution >= 0.6 is 67.8 Å². The number of benzene rings is 1. The van der Waals surface area contributed by atoms with Gasteiger partial charge < -0.3 is 0 Å². The van der Waals surface area contributed by atoms with E-state index in [1.807, 2.05) is 0 Å². The van der Waals surface area contributed by atoms with E-state index in [-0.39, 0.29) is 0 Å². The molecule has 0 aliphatic heterocycles. The van der Waals surface area contributed by atoms with E-state index < -0.39 is 0 Å². The molecule has 0 aromatic heterocycles. The van der Waals surface area contributed by atoms with Crippen molar-refractivity contribution in [1.29, 1.82) is 0 Å². The Balaban J connectivity index is 3.31. The number of halogens is 3. The summed E-state index contributed by atoms with van der Waals surface area (Å²) in [7, 11) is 0. The lowest BCUT2D eigenvalue weighted by molar-refractivity contribution is 1.47. The van der Waals surface area contributed by atoms with Crippen LogP contribution in [-0.2, 0) is 0 Å². The SMILES string of the molecule is [CH2]c1cc(I)cc(I)c1I. The van der Waals surface area contributed by atoms with Crippen LogP contribution in [0.4, 0.5) is 0 Å². The van der Waals surface area contributed by atoms with Crippen LogP contribution in [0, 0.1) is 17.6 Å². The van der Waals surface area contributed by atoms with Crippen molar-refractivity contribution in [2.24, 2.45) is 0 Å². The molecule has 0 fully saturated rings. The molecule has 0 aliphatic carbocycles. The first-order chi connectivity index (χ1) is 4.61. The maximum Gasteiger partial charge on any atom is 0.0296 e. The number of hydrogen-bond acceptors (Lipinski definition) is 0. The second-order valence-corrected chi connectivity index (χ2v) is 5.35. The Hall–Kier alpha value is 1.41. The fourth-order valence-electron chi connectivity index (χ4n) is 0.609. The molecular weight excluding hydrogens is 465 g/mol. The summed E-state index contributed by atoms with van der Waals surface area (Å²) in [5, 5.41) is 0. The second kappa shape index (κ2) is 3.88. The summed E-state index contributed by atoms with van der Waals surface area (Å²) in [6.45, 7) is 3.92. The van der Waals surface area contributed by atoms with Gasteiger partial charge >= 0.3 is 0 Å². The van der Waals surface area contributed by atoms with Crippen LogP contribution in [0.2, 0.25) is 0 Å². The third-order valence-electron chi connectivity index (χ3n) is 1.07. The average Bonchev–Trinajstić information content (AvgIpc) is 1.82. The molecule has 0 atom stereocenters. The summed E-state index contributed by atoms with van der Waals surface area (Å²) in [6, 6.07) is 4.24. The van der Waals surface area contributed by atoms with Gasteiger partial charge in [0.2, 0.25) is 0 Å². The van der Waals surface area contributed by atoms with Crippen LogP contribution in [0.1, 0.15) is 5.56 Å². The van der Waals surface area contributed by atoms with Gasteiger partial charge in [-0.1, -0.05) is 0 Å². The first kappa shape index (κ1) is 9.50. The molecule has 0 amide bonds. The first-order valence-corrected chi connectivity index (χ1v) is 5.81. The van der Waals surface area contributed by atoms with Gasteiger partial charge in [0.1, 0.15) is 0 Å². The quantitative estimate of drug-likeness (QED) is 0.402. The molecule has 53 valence electrons. The fraction of sp³-hybridized carbons (Fsp3) is 0. The van der Waals surface area contributed by atoms with Crippen molar-refractivity contribution in [2.45, 2.75) is 0 Å². The second-order valence-electron chi connectivity index (χ2n) is 1.86. The lowest BCUT2D eigenvalue weighted by Gasteiger charge is -2.00. The minimum Gasteiger partial charge on any atom is -0.0445 e. The summed E-state index contributed by atoms with van der Waals surface area (Å²) >= 11 is 6.94. The van der Waals surface area contributed by atoms with Gasteiger partial charge in [0, 0.05) is 10.7 Å². The normalized spacial score (nSPS) is 10.0. The summed E-state index contributed by atoms with van der Waals surface area (Å²) in [5.41, 5.74) is 1.12. The van der Waals surface area contributed by atoms with Crippen LogP contribution in [0.25, 0.3) is 0 Å². The molecule has 0 nitrogen and oxygen atoms in total. The molecule has 1 aromatic rings. The molecule has 0 aliphatic rings. The Morgan fingerprint density at radius 3 is 2.20 bits per heavy atom. The Morgan fingerprint density at radius 2 is 1.70 bits per heavy atom. The van der Waals surface area contributed by atoms with Crippen molar-refractivity contribution in [3.05, 3.63) is 35.3 Å². The van der Waals surface area contributed by atoms with Crippen LogP contribution in [0.3, 0.4) is 0 Å². The largest absolute Gasteiger partial charge is 0.0445 e. The highest BCUT2D eigenvalue weighted by atomic mass is 127. The van der Waals surface area contributed by atoms with Crippen molar-refractivity contribution in [1.82, 2.24) is 0 Å². The molecule has 1 radical (unpaired) electrons. The highest BCUT2D eigenvalue weighted by molar-refractivity contribution is 14.1. The smallest absolute Gasteiger partial charge is 0.0296 e. The summed E-state index contributed by atoms with van der Waals surface area (Å²) in [4.78, 5) is 0. The molecule has 3 heteroatoms. The Kier molecular flexibility index (Phi) is 3.69. The van der Waals surface area contributed by atoms with Gasteiger partial charge in [-0.25, -0.2) is 0 Å². The van der Waals surface area contributed by atoms with Crippen LogP contribution in [0.5, 0.6) is 0 Å². The van der Waals surface area contributed by atoms with E-state index in [1.165, 1.54) is 10.7 Å². The Morgan fingerprint density at radius 1 is 1.10 bits per heavy atom. The van der Waals surface area contributed by atoms with E-state index in [9.17, 15) is 0 Å². The van der Waals surface area contributed by atoms with Crippen LogP contribution < -0.4 is 0 Å². The van der Waals surface area contributed by atoms with Gasteiger partial charge in [-0.15, -0.1) is 0 Å². The molecule has 10 heavy (non-hydrogen) atoms. The monoisotopic (exact) mass is 469 g/mol.